The molecule has 1 aliphatic heterocycles. The lowest BCUT2D eigenvalue weighted by atomic mass is 10.0. The molecule has 0 aromatic heterocycles. The van der Waals surface area contributed by atoms with E-state index in [-0.39, 0.29) is 38.3 Å². The highest BCUT2D eigenvalue weighted by Gasteiger charge is 2.30. The summed E-state index contributed by atoms with van der Waals surface area (Å²) in [7, 11) is 0. The van der Waals surface area contributed by atoms with Crippen LogP contribution in [0.5, 0.6) is 0 Å². The van der Waals surface area contributed by atoms with Gasteiger partial charge in [-0.05, 0) is 64.5 Å². The van der Waals surface area contributed by atoms with Gasteiger partial charge in [0.05, 0.1) is 25.7 Å². The van der Waals surface area contributed by atoms with Gasteiger partial charge in [0.1, 0.15) is 24.0 Å². The van der Waals surface area contributed by atoms with Crippen molar-refractivity contribution in [3.63, 3.8) is 0 Å². The predicted molar refractivity (Wildman–Crippen MR) is 179 cm³/mol. The number of rotatable bonds is 25. The van der Waals surface area contributed by atoms with Gasteiger partial charge in [-0.3, -0.25) is 38.6 Å². The van der Waals surface area contributed by atoms with Crippen molar-refractivity contribution < 1.29 is 53.7 Å². The average molecular weight is 730 g/mol. The van der Waals surface area contributed by atoms with Crippen LogP contribution in [-0.2, 0) is 38.4 Å². The van der Waals surface area contributed by atoms with Crippen LogP contribution in [0, 0.1) is 5.92 Å². The second kappa shape index (κ2) is 24.1. The number of hydrogen-bond donors (Lipinski definition) is 13. The van der Waals surface area contributed by atoms with Crippen LogP contribution < -0.4 is 54.4 Å². The van der Waals surface area contributed by atoms with Crippen LogP contribution in [0.4, 0.5) is 0 Å². The zero-order valence-corrected chi connectivity index (χ0v) is 28.3. The lowest BCUT2D eigenvalue weighted by Gasteiger charge is -2.20. The van der Waals surface area contributed by atoms with Crippen LogP contribution in [0.1, 0.15) is 51.4 Å². The van der Waals surface area contributed by atoms with Gasteiger partial charge < -0.3 is 69.7 Å². The second-order valence-electron chi connectivity index (χ2n) is 11.6. The average Bonchev–Trinajstić information content (AvgIpc) is 3.63. The first-order valence-corrected chi connectivity index (χ1v) is 16.5. The van der Waals surface area contributed by atoms with Gasteiger partial charge in [0.25, 0.3) is 0 Å². The number of carboxylic acids is 2. The molecule has 0 aliphatic carbocycles. The van der Waals surface area contributed by atoms with Crippen molar-refractivity contribution in [2.24, 2.45) is 28.1 Å². The number of carboxylic acid groups (broad SMARTS) is 2. The van der Waals surface area contributed by atoms with E-state index in [9.17, 15) is 53.7 Å². The molecule has 1 rings (SSSR count). The number of aliphatic hydroxyl groups is 1. The number of hydrogen-bond acceptors (Lipinski definition) is 12. The molecule has 22 nitrogen and oxygen atoms in total. The van der Waals surface area contributed by atoms with Crippen molar-refractivity contribution in [3.05, 3.63) is 0 Å². The maximum atomic E-state index is 12.8. The zero-order valence-electron chi connectivity index (χ0n) is 28.3. The Morgan fingerprint density at radius 3 is 1.90 bits per heavy atom. The van der Waals surface area contributed by atoms with Crippen molar-refractivity contribution in [3.8, 4) is 0 Å². The number of carbonyl (C=O) groups excluding carboxylic acids is 6. The SMILES string of the molecule is NCCCC[C@H](NC(=O)CNC(=O)[C@H](CCNC(=O)[C@H](CO)NC(=O)[C@@H]1CCCN1)C(=O)O)C(=O)NCC(=O)N[C@@H](CCCN=C(N)N)C(=O)O. The minimum absolute atomic E-state index is 0.00886. The van der Waals surface area contributed by atoms with Crippen LogP contribution >= 0.6 is 0 Å². The van der Waals surface area contributed by atoms with E-state index >= 15 is 0 Å². The van der Waals surface area contributed by atoms with Crippen LogP contribution in [-0.4, -0.2) is 139 Å². The fraction of sp³-hybridized carbons (Fsp3) is 0.690. The summed E-state index contributed by atoms with van der Waals surface area (Å²) < 4.78 is 0. The standard InChI is InChI=1S/C29H51N11O11/c30-9-2-1-5-18(24(45)37-14-22(43)39-19(28(50)51)7-4-11-35-29(31)32)38-21(42)13-36-23(44)16(27(48)49)8-12-34-25(46)20(15-41)40-26(47)17-6-3-10-33-17/h16-20,33,41H,1-15,30H2,(H,34,46)(H,36,44)(H,37,45)(H,38,42)(H,39,43)(H,40,47)(H,48,49)(H,50,51)(H4,31,32,35)/t16-,17-,18-,19-,20-/m0/s1. The normalized spacial score (nSPS) is 15.9. The highest BCUT2D eigenvalue weighted by Crippen LogP contribution is 2.06. The molecule has 0 spiro atoms. The van der Waals surface area contributed by atoms with Crippen molar-refractivity contribution in [1.29, 1.82) is 0 Å². The summed E-state index contributed by atoms with van der Waals surface area (Å²) in [6.45, 7) is -1.28. The summed E-state index contributed by atoms with van der Waals surface area (Å²) >= 11 is 0. The molecular formula is C29H51N11O11. The topological polar surface area (TPSA) is 372 Å². The van der Waals surface area contributed by atoms with Crippen molar-refractivity contribution in [2.45, 2.75) is 75.5 Å². The Labute approximate surface area is 293 Å². The summed E-state index contributed by atoms with van der Waals surface area (Å²) in [6, 6.07) is -4.25. The monoisotopic (exact) mass is 729 g/mol. The van der Waals surface area contributed by atoms with E-state index in [0.29, 0.717) is 32.4 Å². The Bertz CT molecular complexity index is 1240. The number of aliphatic carboxylic acids is 2. The Kier molecular flexibility index (Phi) is 20.8. The van der Waals surface area contributed by atoms with Crippen LogP contribution in [0.15, 0.2) is 4.99 Å². The predicted octanol–water partition coefficient (Wildman–Crippen LogP) is -6.11. The molecular weight excluding hydrogens is 678 g/mol. The molecule has 0 radical (unpaired) electrons. The van der Waals surface area contributed by atoms with E-state index < -0.39 is 104 Å². The number of aliphatic imine (C=N–C) groups is 1. The molecule has 6 amide bonds. The molecule has 0 saturated carbocycles. The van der Waals surface area contributed by atoms with Crippen LogP contribution in [0.2, 0.25) is 0 Å². The Hall–Kier alpha value is -5.09. The fourth-order valence-electron chi connectivity index (χ4n) is 4.80. The van der Waals surface area contributed by atoms with Crippen LogP contribution in [0.25, 0.3) is 0 Å². The van der Waals surface area contributed by atoms with Gasteiger partial charge in [0, 0.05) is 13.1 Å². The zero-order chi connectivity index (χ0) is 38.3. The van der Waals surface area contributed by atoms with Gasteiger partial charge in [-0.15, -0.1) is 0 Å². The molecule has 288 valence electrons. The minimum Gasteiger partial charge on any atom is -0.481 e. The van der Waals surface area contributed by atoms with Gasteiger partial charge in [-0.25, -0.2) is 4.79 Å². The molecule has 51 heavy (non-hydrogen) atoms. The number of nitrogens with zero attached hydrogens (tertiary/aromatic N) is 1. The highest BCUT2D eigenvalue weighted by molar-refractivity contribution is 5.99. The third-order valence-corrected chi connectivity index (χ3v) is 7.56. The van der Waals surface area contributed by atoms with E-state index in [0.717, 1.165) is 6.42 Å². The minimum atomic E-state index is -1.69. The van der Waals surface area contributed by atoms with Gasteiger partial charge in [-0.2, -0.15) is 0 Å². The van der Waals surface area contributed by atoms with E-state index in [1.54, 1.807) is 0 Å². The smallest absolute Gasteiger partial charge is 0.326 e. The van der Waals surface area contributed by atoms with Gasteiger partial charge in [0.15, 0.2) is 5.96 Å². The molecule has 16 N–H and O–H groups in total. The van der Waals surface area contributed by atoms with Gasteiger partial charge in [-0.1, -0.05) is 0 Å². The molecule has 22 heteroatoms. The highest BCUT2D eigenvalue weighted by atomic mass is 16.4. The van der Waals surface area contributed by atoms with Crippen LogP contribution in [0.3, 0.4) is 0 Å². The number of carbonyl (C=O) groups is 8. The van der Waals surface area contributed by atoms with E-state index in [2.05, 4.69) is 42.2 Å². The molecule has 0 unspecified atom stereocenters. The summed E-state index contributed by atoms with van der Waals surface area (Å²) in [5.74, 6) is -9.47. The number of nitrogens with one attached hydrogen (secondary N) is 7. The first kappa shape index (κ1) is 43.9. The molecule has 0 aromatic rings. The summed E-state index contributed by atoms with van der Waals surface area (Å²) in [5, 5.41) is 45.4. The van der Waals surface area contributed by atoms with E-state index in [1.165, 1.54) is 0 Å². The number of amides is 6. The third-order valence-electron chi connectivity index (χ3n) is 7.56. The summed E-state index contributed by atoms with van der Waals surface area (Å²) in [6.07, 6.45) is 2.21. The largest absolute Gasteiger partial charge is 0.481 e. The van der Waals surface area contributed by atoms with Crippen molar-refractivity contribution in [2.75, 3.05) is 45.9 Å². The summed E-state index contributed by atoms with van der Waals surface area (Å²) in [5.41, 5.74) is 16.0. The van der Waals surface area contributed by atoms with E-state index in [1.807, 2.05) is 0 Å². The first-order valence-electron chi connectivity index (χ1n) is 16.5. The van der Waals surface area contributed by atoms with Gasteiger partial charge >= 0.3 is 11.9 Å². The number of unbranched alkanes of at least 4 members (excludes halogenated alkanes) is 1. The number of aliphatic hydroxyl groups excluding tert-OH is 1. The maximum Gasteiger partial charge on any atom is 0.326 e. The second-order valence-corrected chi connectivity index (χ2v) is 11.6. The lowest BCUT2D eigenvalue weighted by Crippen LogP contribution is -2.53. The first-order chi connectivity index (χ1) is 24.2. The summed E-state index contributed by atoms with van der Waals surface area (Å²) in [4.78, 5) is 102. The quantitative estimate of drug-likeness (QED) is 0.0180. The van der Waals surface area contributed by atoms with E-state index in [4.69, 9.17) is 17.2 Å². The Morgan fingerprint density at radius 2 is 1.35 bits per heavy atom. The molecule has 0 bridgehead atoms. The molecule has 1 saturated heterocycles. The Morgan fingerprint density at radius 1 is 0.745 bits per heavy atom. The fourth-order valence-corrected chi connectivity index (χ4v) is 4.80. The number of guanidine groups is 1. The third kappa shape index (κ3) is 17.9. The van der Waals surface area contributed by atoms with Crippen molar-refractivity contribution >= 4 is 53.3 Å². The number of nitrogens with two attached hydrogens (primary N) is 3. The van der Waals surface area contributed by atoms with Gasteiger partial charge in [0.2, 0.25) is 35.4 Å². The van der Waals surface area contributed by atoms with Crippen molar-refractivity contribution in [1.82, 2.24) is 37.2 Å². The lowest BCUT2D eigenvalue weighted by molar-refractivity contribution is -0.148. The molecule has 1 heterocycles. The molecule has 0 aromatic carbocycles. The molecule has 5 atom stereocenters. The maximum absolute atomic E-state index is 12.8. The molecule has 1 aliphatic rings. The molecule has 1 fully saturated rings. The Balaban J connectivity index is 2.64.